The van der Waals surface area contributed by atoms with Gasteiger partial charge in [-0.1, -0.05) is 24.3 Å². The zero-order valence-corrected chi connectivity index (χ0v) is 9.51. The van der Waals surface area contributed by atoms with Gasteiger partial charge in [0.2, 0.25) is 0 Å². The third-order valence-electron chi connectivity index (χ3n) is 2.93. The van der Waals surface area contributed by atoms with Crippen molar-refractivity contribution < 1.29 is 9.53 Å². The third-order valence-corrected chi connectivity index (χ3v) is 2.93. The molecule has 0 fully saturated rings. The summed E-state index contributed by atoms with van der Waals surface area (Å²) in [5.74, 6) is -0.212. The number of fused-ring (bicyclic) bond motifs is 1. The quantitative estimate of drug-likeness (QED) is 0.711. The molecular formula is C13H15NO2. The Labute approximate surface area is 95.3 Å². The molecule has 0 bridgehead atoms. The molecule has 0 aromatic heterocycles. The van der Waals surface area contributed by atoms with Crippen molar-refractivity contribution in [2.45, 2.75) is 13.0 Å². The predicted molar refractivity (Wildman–Crippen MR) is 62.6 cm³/mol. The summed E-state index contributed by atoms with van der Waals surface area (Å²) in [6.07, 6.45) is 3.97. The topological polar surface area (TPSA) is 29.5 Å². The van der Waals surface area contributed by atoms with Crippen molar-refractivity contribution in [2.75, 3.05) is 13.7 Å². The number of hydrogen-bond acceptors (Lipinski definition) is 3. The van der Waals surface area contributed by atoms with Crippen molar-refractivity contribution in [1.82, 2.24) is 4.90 Å². The zero-order chi connectivity index (χ0) is 11.5. The first-order valence-electron chi connectivity index (χ1n) is 5.32. The SMILES string of the molecule is COC(=O)CN1C=Cc2ccccc2C1C. The van der Waals surface area contributed by atoms with E-state index in [1.54, 1.807) is 0 Å². The van der Waals surface area contributed by atoms with E-state index in [1.807, 2.05) is 29.3 Å². The molecular weight excluding hydrogens is 202 g/mol. The first kappa shape index (κ1) is 10.7. The highest BCUT2D eigenvalue weighted by atomic mass is 16.5. The first-order valence-corrected chi connectivity index (χ1v) is 5.32. The molecule has 2 rings (SSSR count). The molecule has 1 unspecified atom stereocenters. The van der Waals surface area contributed by atoms with Gasteiger partial charge in [-0.25, -0.2) is 0 Å². The highest BCUT2D eigenvalue weighted by molar-refractivity contribution is 5.72. The van der Waals surface area contributed by atoms with E-state index in [0.717, 1.165) is 0 Å². The number of esters is 1. The summed E-state index contributed by atoms with van der Waals surface area (Å²) in [5.41, 5.74) is 2.46. The van der Waals surface area contributed by atoms with Crippen LogP contribution in [-0.2, 0) is 9.53 Å². The Bertz CT molecular complexity index is 426. The summed E-state index contributed by atoms with van der Waals surface area (Å²) in [5, 5.41) is 0. The molecule has 0 spiro atoms. The number of methoxy groups -OCH3 is 1. The van der Waals surface area contributed by atoms with Crippen LogP contribution in [0.25, 0.3) is 6.08 Å². The number of nitrogens with zero attached hydrogens (tertiary/aromatic N) is 1. The van der Waals surface area contributed by atoms with Crippen LogP contribution in [0.5, 0.6) is 0 Å². The number of hydrogen-bond donors (Lipinski definition) is 0. The minimum atomic E-state index is -0.212. The number of benzene rings is 1. The number of rotatable bonds is 2. The highest BCUT2D eigenvalue weighted by Crippen LogP contribution is 2.29. The van der Waals surface area contributed by atoms with Crippen molar-refractivity contribution in [3.05, 3.63) is 41.6 Å². The molecule has 1 aromatic rings. The maximum absolute atomic E-state index is 11.2. The molecule has 1 heterocycles. The summed E-state index contributed by atoms with van der Waals surface area (Å²) in [6, 6.07) is 8.42. The van der Waals surface area contributed by atoms with E-state index < -0.39 is 0 Å². The second kappa shape index (κ2) is 4.39. The Balaban J connectivity index is 2.21. The summed E-state index contributed by atoms with van der Waals surface area (Å²) in [4.78, 5) is 13.2. The molecule has 1 aromatic carbocycles. The fourth-order valence-corrected chi connectivity index (χ4v) is 1.93. The molecule has 0 aliphatic carbocycles. The van der Waals surface area contributed by atoms with Gasteiger partial charge in [-0.15, -0.1) is 0 Å². The number of carbonyl (C=O) groups is 1. The fourth-order valence-electron chi connectivity index (χ4n) is 1.93. The molecule has 0 saturated carbocycles. The van der Waals surface area contributed by atoms with Gasteiger partial charge in [0.25, 0.3) is 0 Å². The lowest BCUT2D eigenvalue weighted by atomic mass is 9.97. The number of ether oxygens (including phenoxy) is 1. The Kier molecular flexibility index (Phi) is 2.95. The molecule has 1 atom stereocenters. The van der Waals surface area contributed by atoms with Gasteiger partial charge in [-0.05, 0) is 24.1 Å². The number of carbonyl (C=O) groups excluding carboxylic acids is 1. The lowest BCUT2D eigenvalue weighted by molar-refractivity contribution is -0.141. The lowest BCUT2D eigenvalue weighted by Gasteiger charge is -2.31. The molecule has 0 amide bonds. The van der Waals surface area contributed by atoms with Crippen molar-refractivity contribution >= 4 is 12.0 Å². The van der Waals surface area contributed by atoms with Crippen LogP contribution in [0.3, 0.4) is 0 Å². The van der Waals surface area contributed by atoms with Gasteiger partial charge in [0.05, 0.1) is 13.2 Å². The average Bonchev–Trinajstić information content (AvgIpc) is 2.33. The second-order valence-corrected chi connectivity index (χ2v) is 3.87. The maximum atomic E-state index is 11.2. The van der Waals surface area contributed by atoms with Crippen molar-refractivity contribution in [3.63, 3.8) is 0 Å². The van der Waals surface area contributed by atoms with Crippen LogP contribution in [0, 0.1) is 0 Å². The van der Waals surface area contributed by atoms with Gasteiger partial charge in [0, 0.05) is 6.20 Å². The minimum Gasteiger partial charge on any atom is -0.468 e. The largest absolute Gasteiger partial charge is 0.468 e. The molecule has 0 radical (unpaired) electrons. The molecule has 1 aliphatic rings. The molecule has 0 saturated heterocycles. The van der Waals surface area contributed by atoms with Crippen molar-refractivity contribution in [2.24, 2.45) is 0 Å². The Morgan fingerprint density at radius 3 is 2.94 bits per heavy atom. The molecule has 0 N–H and O–H groups in total. The van der Waals surface area contributed by atoms with Gasteiger partial charge in [-0.3, -0.25) is 4.79 Å². The second-order valence-electron chi connectivity index (χ2n) is 3.87. The normalized spacial score (nSPS) is 18.1. The monoisotopic (exact) mass is 217 g/mol. The smallest absolute Gasteiger partial charge is 0.325 e. The van der Waals surface area contributed by atoms with Gasteiger partial charge < -0.3 is 9.64 Å². The summed E-state index contributed by atoms with van der Waals surface area (Å²) < 4.78 is 4.67. The van der Waals surface area contributed by atoms with Crippen LogP contribution in [0.2, 0.25) is 0 Å². The van der Waals surface area contributed by atoms with E-state index in [9.17, 15) is 4.79 Å². The molecule has 16 heavy (non-hydrogen) atoms. The van der Waals surface area contributed by atoms with Crippen LogP contribution in [0.15, 0.2) is 30.5 Å². The van der Waals surface area contributed by atoms with Gasteiger partial charge in [0.15, 0.2) is 0 Å². The van der Waals surface area contributed by atoms with E-state index in [0.29, 0.717) is 6.54 Å². The predicted octanol–water partition coefficient (Wildman–Crippen LogP) is 2.21. The van der Waals surface area contributed by atoms with Crippen LogP contribution in [-0.4, -0.2) is 24.5 Å². The molecule has 1 aliphatic heterocycles. The van der Waals surface area contributed by atoms with E-state index in [1.165, 1.54) is 18.2 Å². The highest BCUT2D eigenvalue weighted by Gasteiger charge is 2.20. The maximum Gasteiger partial charge on any atom is 0.325 e. The Morgan fingerprint density at radius 1 is 1.44 bits per heavy atom. The van der Waals surface area contributed by atoms with Crippen LogP contribution >= 0.6 is 0 Å². The van der Waals surface area contributed by atoms with Gasteiger partial charge in [0.1, 0.15) is 6.54 Å². The van der Waals surface area contributed by atoms with Crippen LogP contribution < -0.4 is 0 Å². The summed E-state index contributed by atoms with van der Waals surface area (Å²) in [6.45, 7) is 2.38. The van der Waals surface area contributed by atoms with Crippen LogP contribution in [0.1, 0.15) is 24.1 Å². The third kappa shape index (κ3) is 1.94. The van der Waals surface area contributed by atoms with E-state index in [4.69, 9.17) is 0 Å². The molecule has 3 nitrogen and oxygen atoms in total. The van der Waals surface area contributed by atoms with E-state index in [2.05, 4.69) is 23.8 Å². The first-order chi connectivity index (χ1) is 7.72. The van der Waals surface area contributed by atoms with Crippen molar-refractivity contribution in [3.8, 4) is 0 Å². The summed E-state index contributed by atoms with van der Waals surface area (Å²) in [7, 11) is 1.41. The Morgan fingerprint density at radius 2 is 2.19 bits per heavy atom. The van der Waals surface area contributed by atoms with Gasteiger partial charge >= 0.3 is 5.97 Å². The van der Waals surface area contributed by atoms with E-state index >= 15 is 0 Å². The van der Waals surface area contributed by atoms with Crippen molar-refractivity contribution in [1.29, 1.82) is 0 Å². The van der Waals surface area contributed by atoms with Gasteiger partial charge in [-0.2, -0.15) is 0 Å². The molecule has 84 valence electrons. The zero-order valence-electron chi connectivity index (χ0n) is 9.51. The minimum absolute atomic E-state index is 0.209. The average molecular weight is 217 g/mol. The fraction of sp³-hybridized carbons (Fsp3) is 0.308. The molecule has 3 heteroatoms. The lowest BCUT2D eigenvalue weighted by Crippen LogP contribution is -2.30. The Hall–Kier alpha value is -1.77. The van der Waals surface area contributed by atoms with E-state index in [-0.39, 0.29) is 12.0 Å². The standard InChI is InChI=1S/C13H15NO2/c1-10-12-6-4-3-5-11(12)7-8-14(10)9-13(15)16-2/h3-8,10H,9H2,1-2H3. The van der Waals surface area contributed by atoms with Crippen LogP contribution in [0.4, 0.5) is 0 Å². The summed E-state index contributed by atoms with van der Waals surface area (Å²) >= 11 is 0.